The van der Waals surface area contributed by atoms with E-state index in [1.807, 2.05) is 19.1 Å². The Balaban J connectivity index is 1.98. The number of unbranched alkanes of at least 4 members (excludes halogenated alkanes) is 1. The molecule has 3 aromatic carbocycles. The van der Waals surface area contributed by atoms with Crippen LogP contribution in [0.15, 0.2) is 77.7 Å². The van der Waals surface area contributed by atoms with Crippen molar-refractivity contribution in [1.82, 2.24) is 0 Å². The van der Waals surface area contributed by atoms with Crippen molar-refractivity contribution in [2.45, 2.75) is 38.0 Å². The van der Waals surface area contributed by atoms with Gasteiger partial charge in [-0.2, -0.15) is 4.31 Å². The molecule has 8 heteroatoms. The van der Waals surface area contributed by atoms with Crippen molar-refractivity contribution in [1.29, 1.82) is 0 Å². The summed E-state index contributed by atoms with van der Waals surface area (Å²) in [5, 5.41) is 0.399. The molecule has 1 amide bonds. The molecule has 190 valence electrons. The lowest BCUT2D eigenvalue weighted by atomic mass is 10.1. The van der Waals surface area contributed by atoms with Gasteiger partial charge in [-0.15, -0.1) is 0 Å². The largest absolute Gasteiger partial charge is 0.493 e. The molecular formula is C28H30ClNO5S. The number of amides is 1. The molecule has 0 bridgehead atoms. The van der Waals surface area contributed by atoms with Crippen LogP contribution in [0.1, 0.15) is 37.8 Å². The second kappa shape index (κ2) is 12.6. The van der Waals surface area contributed by atoms with Crippen molar-refractivity contribution < 1.29 is 22.7 Å². The minimum atomic E-state index is -4.20. The van der Waals surface area contributed by atoms with E-state index in [0.29, 0.717) is 28.7 Å². The van der Waals surface area contributed by atoms with E-state index in [4.69, 9.17) is 21.1 Å². The first-order chi connectivity index (χ1) is 17.3. The lowest BCUT2D eigenvalue weighted by molar-refractivity contribution is -0.113. The number of sulfonamides is 1. The molecule has 0 unspecified atom stereocenters. The standard InChI is InChI=1S/C28H30ClNO5S/c1-4-6-7-21-8-14-24(15-9-21)30(36(32,33)25-16-12-23(29)13-17-25)28(31)19-11-22-10-18-26(35-5-2)27(20-22)34-3/h8-20H,4-7H2,1-3H3/b19-11+. The Kier molecular flexibility index (Phi) is 9.56. The number of rotatable bonds is 11. The molecule has 0 N–H and O–H groups in total. The van der Waals surface area contributed by atoms with Crippen LogP contribution in [0.5, 0.6) is 11.5 Å². The van der Waals surface area contributed by atoms with Gasteiger partial charge in [-0.3, -0.25) is 4.79 Å². The number of hydrogen-bond acceptors (Lipinski definition) is 5. The summed E-state index contributed by atoms with van der Waals surface area (Å²) in [4.78, 5) is 13.3. The highest BCUT2D eigenvalue weighted by Crippen LogP contribution is 2.29. The van der Waals surface area contributed by atoms with Crippen molar-refractivity contribution in [3.63, 3.8) is 0 Å². The zero-order valence-corrected chi connectivity index (χ0v) is 22.2. The fourth-order valence-corrected chi connectivity index (χ4v) is 5.09. The molecule has 0 atom stereocenters. The molecule has 6 nitrogen and oxygen atoms in total. The van der Waals surface area contributed by atoms with Gasteiger partial charge in [-0.25, -0.2) is 8.42 Å². The van der Waals surface area contributed by atoms with Gasteiger partial charge in [0.05, 0.1) is 24.3 Å². The fourth-order valence-electron chi connectivity index (χ4n) is 3.57. The van der Waals surface area contributed by atoms with Crippen molar-refractivity contribution in [2.75, 3.05) is 18.0 Å². The Labute approximate surface area is 218 Å². The van der Waals surface area contributed by atoms with E-state index in [2.05, 4.69) is 6.92 Å². The molecule has 0 aliphatic heterocycles. The summed E-state index contributed by atoms with van der Waals surface area (Å²) >= 11 is 5.95. The third-order valence-electron chi connectivity index (χ3n) is 5.45. The van der Waals surface area contributed by atoms with E-state index in [1.54, 1.807) is 36.4 Å². The van der Waals surface area contributed by atoms with Crippen molar-refractivity contribution in [3.05, 3.63) is 89.0 Å². The highest BCUT2D eigenvalue weighted by Gasteiger charge is 2.29. The van der Waals surface area contributed by atoms with Gasteiger partial charge in [0.25, 0.3) is 15.9 Å². The van der Waals surface area contributed by atoms with Crippen LogP contribution < -0.4 is 13.8 Å². The summed E-state index contributed by atoms with van der Waals surface area (Å²) in [6.07, 6.45) is 5.74. The maximum absolute atomic E-state index is 13.6. The molecule has 0 fully saturated rings. The second-order valence-electron chi connectivity index (χ2n) is 8.01. The van der Waals surface area contributed by atoms with Crippen LogP contribution in [-0.4, -0.2) is 28.0 Å². The van der Waals surface area contributed by atoms with Gasteiger partial charge in [0.2, 0.25) is 0 Å². The molecule has 0 heterocycles. The van der Waals surface area contributed by atoms with Gasteiger partial charge < -0.3 is 9.47 Å². The normalized spacial score (nSPS) is 11.4. The molecular weight excluding hydrogens is 498 g/mol. The van der Waals surface area contributed by atoms with Gasteiger partial charge >= 0.3 is 0 Å². The average molecular weight is 528 g/mol. The van der Waals surface area contributed by atoms with Crippen molar-refractivity contribution in [3.8, 4) is 11.5 Å². The fraction of sp³-hybridized carbons (Fsp3) is 0.250. The minimum Gasteiger partial charge on any atom is -0.493 e. The van der Waals surface area contributed by atoms with Crippen LogP contribution in [0.2, 0.25) is 5.02 Å². The van der Waals surface area contributed by atoms with E-state index < -0.39 is 15.9 Å². The zero-order chi connectivity index (χ0) is 26.1. The molecule has 0 spiro atoms. The first-order valence-corrected chi connectivity index (χ1v) is 13.5. The molecule has 0 aliphatic rings. The average Bonchev–Trinajstić information content (AvgIpc) is 2.88. The van der Waals surface area contributed by atoms with Gasteiger partial charge in [0.15, 0.2) is 11.5 Å². The summed E-state index contributed by atoms with van der Waals surface area (Å²) in [7, 11) is -2.67. The number of halogens is 1. The van der Waals surface area contributed by atoms with Gasteiger partial charge in [-0.1, -0.05) is 43.1 Å². The predicted molar refractivity (Wildman–Crippen MR) is 144 cm³/mol. The monoisotopic (exact) mass is 527 g/mol. The maximum Gasteiger partial charge on any atom is 0.271 e. The van der Waals surface area contributed by atoms with E-state index in [-0.39, 0.29) is 10.6 Å². The molecule has 3 aromatic rings. The Bertz CT molecular complexity index is 1300. The summed E-state index contributed by atoms with van der Waals surface area (Å²) in [6.45, 7) is 4.47. The van der Waals surface area contributed by atoms with E-state index in [1.165, 1.54) is 37.5 Å². The quantitative estimate of drug-likeness (QED) is 0.265. The van der Waals surface area contributed by atoms with Crippen LogP contribution in [0.3, 0.4) is 0 Å². The summed E-state index contributed by atoms with van der Waals surface area (Å²) < 4.78 is 38.8. The number of aryl methyl sites for hydroxylation is 1. The summed E-state index contributed by atoms with van der Waals surface area (Å²) in [5.74, 6) is 0.387. The highest BCUT2D eigenvalue weighted by molar-refractivity contribution is 7.93. The molecule has 0 saturated heterocycles. The third kappa shape index (κ3) is 6.68. The number of nitrogens with zero attached hydrogens (tertiary/aromatic N) is 1. The number of methoxy groups -OCH3 is 1. The highest BCUT2D eigenvalue weighted by atomic mass is 35.5. The summed E-state index contributed by atoms with van der Waals surface area (Å²) in [6, 6.07) is 18.0. The Morgan fingerprint density at radius 1 is 0.972 bits per heavy atom. The van der Waals surface area contributed by atoms with Crippen LogP contribution in [0.25, 0.3) is 6.08 Å². The minimum absolute atomic E-state index is 0.0357. The topological polar surface area (TPSA) is 72.9 Å². The second-order valence-corrected chi connectivity index (χ2v) is 10.2. The smallest absolute Gasteiger partial charge is 0.271 e. The Morgan fingerprint density at radius 2 is 1.67 bits per heavy atom. The Hall–Kier alpha value is -3.29. The molecule has 0 radical (unpaired) electrons. The number of anilines is 1. The molecule has 0 aromatic heterocycles. The van der Waals surface area contributed by atoms with Crippen LogP contribution in [0.4, 0.5) is 5.69 Å². The van der Waals surface area contributed by atoms with E-state index >= 15 is 0 Å². The van der Waals surface area contributed by atoms with Crippen LogP contribution in [-0.2, 0) is 21.2 Å². The van der Waals surface area contributed by atoms with E-state index in [0.717, 1.165) is 29.1 Å². The van der Waals surface area contributed by atoms with Crippen molar-refractivity contribution in [2.24, 2.45) is 0 Å². The van der Waals surface area contributed by atoms with Gasteiger partial charge in [-0.05, 0) is 85.5 Å². The number of carbonyl (C=O) groups excluding carboxylic acids is 1. The van der Waals surface area contributed by atoms with E-state index in [9.17, 15) is 13.2 Å². The number of hydrogen-bond donors (Lipinski definition) is 0. The number of ether oxygens (including phenoxy) is 2. The number of benzene rings is 3. The lowest BCUT2D eigenvalue weighted by Gasteiger charge is -2.22. The maximum atomic E-state index is 13.6. The molecule has 36 heavy (non-hydrogen) atoms. The number of carbonyl (C=O) groups is 1. The first-order valence-electron chi connectivity index (χ1n) is 11.7. The molecule has 0 saturated carbocycles. The van der Waals surface area contributed by atoms with Crippen molar-refractivity contribution >= 4 is 39.3 Å². The van der Waals surface area contributed by atoms with Gasteiger partial charge in [0, 0.05) is 11.1 Å². The summed E-state index contributed by atoms with van der Waals surface area (Å²) in [5.41, 5.74) is 1.99. The molecule has 0 aliphatic carbocycles. The van der Waals surface area contributed by atoms with Crippen LogP contribution >= 0.6 is 11.6 Å². The molecule has 3 rings (SSSR count). The zero-order valence-electron chi connectivity index (χ0n) is 20.6. The van der Waals surface area contributed by atoms with Gasteiger partial charge in [0.1, 0.15) is 0 Å². The third-order valence-corrected chi connectivity index (χ3v) is 7.44. The first kappa shape index (κ1) is 27.3. The van der Waals surface area contributed by atoms with Crippen LogP contribution in [0, 0.1) is 0 Å². The Morgan fingerprint density at radius 3 is 2.28 bits per heavy atom. The predicted octanol–water partition coefficient (Wildman–Crippen LogP) is 6.53. The lowest BCUT2D eigenvalue weighted by Crippen LogP contribution is -2.35. The SMILES string of the molecule is CCCCc1ccc(N(C(=O)/C=C/c2ccc(OCC)c(OC)c2)S(=O)(=O)c2ccc(Cl)cc2)cc1.